The van der Waals surface area contributed by atoms with Crippen LogP contribution in [-0.2, 0) is 17.5 Å². The maximum Gasteiger partial charge on any atom is 0.416 e. The van der Waals surface area contributed by atoms with Crippen LogP contribution in [0.4, 0.5) is 18.9 Å². The molecule has 0 saturated carbocycles. The smallest absolute Gasteiger partial charge is 0.310 e. The molecule has 7 heteroatoms. The molecule has 0 fully saturated rings. The molecule has 0 heterocycles. The van der Waals surface area contributed by atoms with Crippen LogP contribution in [-0.4, -0.2) is 30.4 Å². The first-order chi connectivity index (χ1) is 13.2. The van der Waals surface area contributed by atoms with E-state index in [2.05, 4.69) is 0 Å². The van der Waals surface area contributed by atoms with E-state index in [0.29, 0.717) is 11.3 Å². The molecule has 2 rings (SSSR count). The molecule has 1 unspecified atom stereocenters. The van der Waals surface area contributed by atoms with Gasteiger partial charge in [-0.1, -0.05) is 36.4 Å². The number of para-hydroxylation sites is 1. The van der Waals surface area contributed by atoms with Gasteiger partial charge in [0.15, 0.2) is 0 Å². The molecule has 0 bridgehead atoms. The van der Waals surface area contributed by atoms with Gasteiger partial charge in [0, 0.05) is 18.8 Å². The van der Waals surface area contributed by atoms with Gasteiger partial charge in [0.25, 0.3) is 0 Å². The summed E-state index contributed by atoms with van der Waals surface area (Å²) in [6.07, 6.45) is -4.22. The number of carbonyl (C=O) groups is 1. The number of benzene rings is 2. The molecular formula is C21H22F3N3O. The molecule has 2 aromatic rings. The molecule has 0 saturated heterocycles. The fourth-order valence-electron chi connectivity index (χ4n) is 2.82. The second-order valence-corrected chi connectivity index (χ2v) is 6.52. The minimum absolute atomic E-state index is 0.185. The lowest BCUT2D eigenvalue weighted by atomic mass is 10.1. The molecular weight excluding hydrogens is 367 g/mol. The summed E-state index contributed by atoms with van der Waals surface area (Å²) in [5.74, 6) is -0.212. The average molecular weight is 389 g/mol. The Hall–Kier alpha value is -2.85. The highest BCUT2D eigenvalue weighted by atomic mass is 19.4. The van der Waals surface area contributed by atoms with Gasteiger partial charge in [-0.15, -0.1) is 0 Å². The molecule has 0 N–H and O–H groups in total. The number of alkyl halides is 3. The van der Waals surface area contributed by atoms with Crippen molar-refractivity contribution in [2.24, 2.45) is 0 Å². The third-order valence-electron chi connectivity index (χ3n) is 4.49. The van der Waals surface area contributed by atoms with Crippen molar-refractivity contribution in [1.82, 2.24) is 4.90 Å². The van der Waals surface area contributed by atoms with E-state index in [1.54, 1.807) is 49.2 Å². The lowest BCUT2D eigenvalue weighted by Crippen LogP contribution is -2.46. The maximum absolute atomic E-state index is 13.0. The zero-order chi connectivity index (χ0) is 20.7. The van der Waals surface area contributed by atoms with Gasteiger partial charge in [-0.25, -0.2) is 0 Å². The second-order valence-electron chi connectivity index (χ2n) is 6.52. The van der Waals surface area contributed by atoms with Gasteiger partial charge in [0.05, 0.1) is 24.1 Å². The minimum Gasteiger partial charge on any atom is -0.310 e. The van der Waals surface area contributed by atoms with Crippen molar-refractivity contribution >= 4 is 11.6 Å². The largest absolute Gasteiger partial charge is 0.416 e. The normalized spacial score (nSPS) is 12.5. The number of rotatable bonds is 7. The monoisotopic (exact) mass is 389 g/mol. The fourth-order valence-corrected chi connectivity index (χ4v) is 2.82. The van der Waals surface area contributed by atoms with Gasteiger partial charge < -0.3 is 4.90 Å². The van der Waals surface area contributed by atoms with E-state index >= 15 is 0 Å². The fraction of sp³-hybridized carbons (Fsp3) is 0.333. The highest BCUT2D eigenvalue weighted by Gasteiger charge is 2.31. The number of carbonyl (C=O) groups excluding carboxylic acids is 1. The zero-order valence-corrected chi connectivity index (χ0v) is 15.8. The number of hydrogen-bond acceptors (Lipinski definition) is 3. The predicted molar refractivity (Wildman–Crippen MR) is 101 cm³/mol. The topological polar surface area (TPSA) is 47.3 Å². The Morgan fingerprint density at radius 1 is 1.14 bits per heavy atom. The quantitative estimate of drug-likeness (QED) is 0.702. The van der Waals surface area contributed by atoms with Crippen molar-refractivity contribution in [3.05, 3.63) is 65.7 Å². The molecule has 0 aliphatic carbocycles. The second kappa shape index (κ2) is 9.38. The van der Waals surface area contributed by atoms with Gasteiger partial charge in [0.2, 0.25) is 5.91 Å². The lowest BCUT2D eigenvalue weighted by Gasteiger charge is -2.30. The number of amides is 1. The Bertz CT molecular complexity index is 831. The van der Waals surface area contributed by atoms with Crippen molar-refractivity contribution in [2.75, 3.05) is 18.5 Å². The van der Waals surface area contributed by atoms with Crippen molar-refractivity contribution in [3.8, 4) is 6.07 Å². The van der Waals surface area contributed by atoms with Gasteiger partial charge in [-0.3, -0.25) is 9.69 Å². The first kappa shape index (κ1) is 21.5. The third kappa shape index (κ3) is 5.57. The van der Waals surface area contributed by atoms with Crippen LogP contribution < -0.4 is 4.90 Å². The van der Waals surface area contributed by atoms with Gasteiger partial charge in [-0.05, 0) is 37.7 Å². The highest BCUT2D eigenvalue weighted by Crippen LogP contribution is 2.29. The molecule has 4 nitrogen and oxygen atoms in total. The Kier molecular flexibility index (Phi) is 7.18. The summed E-state index contributed by atoms with van der Waals surface area (Å²) in [5.41, 5.74) is 0.444. The van der Waals surface area contributed by atoms with Crippen molar-refractivity contribution in [3.63, 3.8) is 0 Å². The van der Waals surface area contributed by atoms with Crippen LogP contribution >= 0.6 is 0 Å². The number of anilines is 1. The summed E-state index contributed by atoms with van der Waals surface area (Å²) in [7, 11) is 1.69. The minimum atomic E-state index is -4.41. The summed E-state index contributed by atoms with van der Waals surface area (Å²) in [6, 6.07) is 15.6. The van der Waals surface area contributed by atoms with Crippen LogP contribution in [0, 0.1) is 11.3 Å². The summed E-state index contributed by atoms with van der Waals surface area (Å²) in [6.45, 7) is 2.15. The van der Waals surface area contributed by atoms with Crippen LogP contribution in [0.15, 0.2) is 54.6 Å². The molecule has 0 spiro atoms. The van der Waals surface area contributed by atoms with E-state index in [1.165, 1.54) is 11.0 Å². The molecule has 28 heavy (non-hydrogen) atoms. The molecule has 2 aromatic carbocycles. The Balaban J connectivity index is 2.15. The molecule has 0 radical (unpaired) electrons. The van der Waals surface area contributed by atoms with Crippen LogP contribution in [0.5, 0.6) is 0 Å². The third-order valence-corrected chi connectivity index (χ3v) is 4.49. The van der Waals surface area contributed by atoms with E-state index in [-0.39, 0.29) is 25.4 Å². The summed E-state index contributed by atoms with van der Waals surface area (Å²) < 4.78 is 38.7. The Morgan fingerprint density at radius 2 is 1.82 bits per heavy atom. The van der Waals surface area contributed by atoms with Gasteiger partial charge in [-0.2, -0.15) is 18.4 Å². The number of halogens is 3. The van der Waals surface area contributed by atoms with E-state index in [1.807, 2.05) is 12.1 Å². The molecule has 148 valence electrons. The first-order valence-electron chi connectivity index (χ1n) is 8.83. The Labute approximate surface area is 162 Å². The number of hydrogen-bond donors (Lipinski definition) is 0. The van der Waals surface area contributed by atoms with Gasteiger partial charge >= 0.3 is 6.18 Å². The number of likely N-dealkylation sites (N-methyl/N-ethyl adjacent to an activating group) is 1. The predicted octanol–water partition coefficient (Wildman–Crippen LogP) is 4.47. The van der Waals surface area contributed by atoms with Crippen molar-refractivity contribution in [2.45, 2.75) is 32.1 Å². The number of nitriles is 1. The van der Waals surface area contributed by atoms with Gasteiger partial charge in [0.1, 0.15) is 0 Å². The van der Waals surface area contributed by atoms with Crippen molar-refractivity contribution in [1.29, 1.82) is 5.26 Å². The summed E-state index contributed by atoms with van der Waals surface area (Å²) >= 11 is 0. The van der Waals surface area contributed by atoms with Crippen LogP contribution in [0.3, 0.4) is 0 Å². The standard InChI is InChI=1S/C21H22F3N3O/c1-16(20(28)27(13-7-12-25)19-10-4-3-5-11-19)26(2)15-17-8-6-9-18(14-17)21(22,23)24/h3-6,8-11,14,16H,7,13,15H2,1-2H3. The first-order valence-corrected chi connectivity index (χ1v) is 8.83. The Morgan fingerprint density at radius 3 is 2.43 bits per heavy atom. The molecule has 1 atom stereocenters. The number of nitrogens with zero attached hydrogens (tertiary/aromatic N) is 3. The molecule has 0 aliphatic rings. The molecule has 1 amide bonds. The summed E-state index contributed by atoms with van der Waals surface area (Å²) in [4.78, 5) is 16.2. The average Bonchev–Trinajstić information content (AvgIpc) is 2.68. The highest BCUT2D eigenvalue weighted by molar-refractivity contribution is 5.96. The van der Waals surface area contributed by atoms with Crippen molar-refractivity contribution < 1.29 is 18.0 Å². The van der Waals surface area contributed by atoms with E-state index in [4.69, 9.17) is 5.26 Å². The van der Waals surface area contributed by atoms with Crippen LogP contribution in [0.2, 0.25) is 0 Å². The molecule has 0 aromatic heterocycles. The SMILES string of the molecule is CC(C(=O)N(CCC#N)c1ccccc1)N(C)Cc1cccc(C(F)(F)F)c1. The van der Waals surface area contributed by atoms with E-state index in [9.17, 15) is 18.0 Å². The maximum atomic E-state index is 13.0. The lowest BCUT2D eigenvalue weighted by molar-refractivity contribution is -0.137. The van der Waals surface area contributed by atoms with E-state index in [0.717, 1.165) is 12.1 Å². The summed E-state index contributed by atoms with van der Waals surface area (Å²) in [5, 5.41) is 8.89. The van der Waals surface area contributed by atoms with Crippen LogP contribution in [0.1, 0.15) is 24.5 Å². The molecule has 0 aliphatic heterocycles. The van der Waals surface area contributed by atoms with E-state index < -0.39 is 17.8 Å². The zero-order valence-electron chi connectivity index (χ0n) is 15.8. The van der Waals surface area contributed by atoms with Crippen LogP contribution in [0.25, 0.3) is 0 Å².